The second kappa shape index (κ2) is 5.09. The summed E-state index contributed by atoms with van der Waals surface area (Å²) in [6.07, 6.45) is 0. The first-order valence-corrected chi connectivity index (χ1v) is 7.27. The van der Waals surface area contributed by atoms with E-state index in [-0.39, 0.29) is 5.91 Å². The van der Waals surface area contributed by atoms with Crippen molar-refractivity contribution in [2.24, 2.45) is 7.05 Å². The van der Waals surface area contributed by atoms with E-state index in [1.807, 2.05) is 49.7 Å². The standard InChI is InChI=1S/C15H15N3OS/c1-10-17-12-8-11(5-6-13(12)18(10)2)9-16-15(19)14-4-3-7-20-14/h3-8H,9H2,1-2H3,(H,16,19). The van der Waals surface area contributed by atoms with Crippen molar-refractivity contribution in [2.45, 2.75) is 13.5 Å². The number of thiophene rings is 1. The van der Waals surface area contributed by atoms with Crippen molar-refractivity contribution in [3.05, 3.63) is 52.0 Å². The number of hydrogen-bond donors (Lipinski definition) is 1. The van der Waals surface area contributed by atoms with E-state index in [2.05, 4.69) is 14.9 Å². The molecule has 0 aliphatic heterocycles. The summed E-state index contributed by atoms with van der Waals surface area (Å²) in [6, 6.07) is 9.80. The van der Waals surface area contributed by atoms with Gasteiger partial charge in [0.25, 0.3) is 5.91 Å². The third kappa shape index (κ3) is 2.32. The van der Waals surface area contributed by atoms with Gasteiger partial charge in [0.2, 0.25) is 0 Å². The zero-order valence-electron chi connectivity index (χ0n) is 11.4. The van der Waals surface area contributed by atoms with Gasteiger partial charge in [-0.1, -0.05) is 12.1 Å². The van der Waals surface area contributed by atoms with Crippen LogP contribution >= 0.6 is 11.3 Å². The summed E-state index contributed by atoms with van der Waals surface area (Å²) in [4.78, 5) is 17.1. The Morgan fingerprint density at radius 1 is 1.40 bits per heavy atom. The summed E-state index contributed by atoms with van der Waals surface area (Å²) in [5, 5.41) is 4.82. The first-order chi connectivity index (χ1) is 9.65. The normalized spacial score (nSPS) is 10.9. The van der Waals surface area contributed by atoms with E-state index >= 15 is 0 Å². The first kappa shape index (κ1) is 12.9. The molecule has 5 heteroatoms. The van der Waals surface area contributed by atoms with Gasteiger partial charge in [0.05, 0.1) is 15.9 Å². The Labute approximate surface area is 121 Å². The Kier molecular flexibility index (Phi) is 3.28. The predicted octanol–water partition coefficient (Wildman–Crippen LogP) is 2.87. The number of imidazole rings is 1. The number of carbonyl (C=O) groups is 1. The molecule has 3 aromatic rings. The molecular formula is C15H15N3OS. The second-order valence-electron chi connectivity index (χ2n) is 4.70. The van der Waals surface area contributed by atoms with Gasteiger partial charge in [0.15, 0.2) is 0 Å². The summed E-state index contributed by atoms with van der Waals surface area (Å²) in [5.74, 6) is 0.956. The van der Waals surface area contributed by atoms with Gasteiger partial charge in [-0.2, -0.15) is 0 Å². The Hall–Kier alpha value is -2.14. The summed E-state index contributed by atoms with van der Waals surface area (Å²) in [6.45, 7) is 2.50. The van der Waals surface area contributed by atoms with Crippen molar-refractivity contribution in [1.29, 1.82) is 0 Å². The van der Waals surface area contributed by atoms with Gasteiger partial charge in [-0.15, -0.1) is 11.3 Å². The number of aromatic nitrogens is 2. The third-order valence-corrected chi connectivity index (χ3v) is 4.24. The van der Waals surface area contributed by atoms with E-state index in [1.54, 1.807) is 0 Å². The number of fused-ring (bicyclic) bond motifs is 1. The largest absolute Gasteiger partial charge is 0.347 e. The molecule has 0 aliphatic carbocycles. The summed E-state index contributed by atoms with van der Waals surface area (Å²) >= 11 is 1.45. The lowest BCUT2D eigenvalue weighted by atomic mass is 10.2. The van der Waals surface area contributed by atoms with Crippen molar-refractivity contribution in [2.75, 3.05) is 0 Å². The lowest BCUT2D eigenvalue weighted by molar-refractivity contribution is 0.0955. The molecule has 0 aliphatic rings. The minimum atomic E-state index is -0.0303. The van der Waals surface area contributed by atoms with Crippen LogP contribution in [-0.2, 0) is 13.6 Å². The van der Waals surface area contributed by atoms with Crippen molar-refractivity contribution >= 4 is 28.3 Å². The van der Waals surface area contributed by atoms with E-state index in [0.717, 1.165) is 27.3 Å². The zero-order valence-corrected chi connectivity index (χ0v) is 12.2. The minimum Gasteiger partial charge on any atom is -0.347 e. The van der Waals surface area contributed by atoms with E-state index < -0.39 is 0 Å². The maximum Gasteiger partial charge on any atom is 0.261 e. The molecular weight excluding hydrogens is 270 g/mol. The van der Waals surface area contributed by atoms with Crippen LogP contribution in [0, 0.1) is 6.92 Å². The van der Waals surface area contributed by atoms with Gasteiger partial charge in [0, 0.05) is 13.6 Å². The molecule has 0 bridgehead atoms. The van der Waals surface area contributed by atoms with Crippen LogP contribution in [0.5, 0.6) is 0 Å². The number of benzene rings is 1. The molecule has 102 valence electrons. The van der Waals surface area contributed by atoms with Crippen molar-refractivity contribution in [3.8, 4) is 0 Å². The summed E-state index contributed by atoms with van der Waals surface area (Å²) in [7, 11) is 2.00. The molecule has 1 N–H and O–H groups in total. The number of rotatable bonds is 3. The number of amides is 1. The Bertz CT molecular complexity index is 759. The Morgan fingerprint density at radius 3 is 3.00 bits per heavy atom. The van der Waals surface area contributed by atoms with E-state index in [0.29, 0.717) is 6.54 Å². The van der Waals surface area contributed by atoms with Gasteiger partial charge in [0.1, 0.15) is 5.82 Å². The monoisotopic (exact) mass is 285 g/mol. The highest BCUT2D eigenvalue weighted by atomic mass is 32.1. The maximum absolute atomic E-state index is 11.9. The molecule has 2 aromatic heterocycles. The molecule has 0 fully saturated rings. The average molecular weight is 285 g/mol. The van der Waals surface area contributed by atoms with E-state index in [9.17, 15) is 4.79 Å². The van der Waals surface area contributed by atoms with E-state index in [4.69, 9.17) is 0 Å². The number of nitrogens with zero attached hydrogens (tertiary/aromatic N) is 2. The van der Waals surface area contributed by atoms with Crippen molar-refractivity contribution in [3.63, 3.8) is 0 Å². The van der Waals surface area contributed by atoms with Crippen LogP contribution in [-0.4, -0.2) is 15.5 Å². The SMILES string of the molecule is Cc1nc2cc(CNC(=O)c3cccs3)ccc2n1C. The summed E-state index contributed by atoms with van der Waals surface area (Å²) in [5.41, 5.74) is 3.13. The van der Waals surface area contributed by atoms with Gasteiger partial charge < -0.3 is 9.88 Å². The fourth-order valence-corrected chi connectivity index (χ4v) is 2.79. The number of nitrogens with one attached hydrogen (secondary N) is 1. The number of aryl methyl sites for hydroxylation is 2. The Balaban J connectivity index is 1.76. The van der Waals surface area contributed by atoms with Crippen LogP contribution < -0.4 is 5.32 Å². The van der Waals surface area contributed by atoms with Gasteiger partial charge in [-0.25, -0.2) is 4.98 Å². The molecule has 0 spiro atoms. The minimum absolute atomic E-state index is 0.0303. The molecule has 0 radical (unpaired) electrons. The van der Waals surface area contributed by atoms with Crippen LogP contribution in [0.3, 0.4) is 0 Å². The molecule has 2 heterocycles. The smallest absolute Gasteiger partial charge is 0.261 e. The fourth-order valence-electron chi connectivity index (χ4n) is 2.15. The van der Waals surface area contributed by atoms with Crippen LogP contribution in [0.1, 0.15) is 21.1 Å². The molecule has 1 amide bonds. The quantitative estimate of drug-likeness (QED) is 0.804. The third-order valence-electron chi connectivity index (χ3n) is 3.37. The first-order valence-electron chi connectivity index (χ1n) is 6.39. The average Bonchev–Trinajstić information content (AvgIpc) is 3.06. The lowest BCUT2D eigenvalue weighted by Gasteiger charge is -2.04. The van der Waals surface area contributed by atoms with E-state index in [1.165, 1.54) is 11.3 Å². The van der Waals surface area contributed by atoms with Crippen molar-refractivity contribution < 1.29 is 4.79 Å². The highest BCUT2D eigenvalue weighted by molar-refractivity contribution is 7.12. The van der Waals surface area contributed by atoms with Crippen LogP contribution in [0.15, 0.2) is 35.7 Å². The lowest BCUT2D eigenvalue weighted by Crippen LogP contribution is -2.21. The maximum atomic E-state index is 11.9. The van der Waals surface area contributed by atoms with Crippen molar-refractivity contribution in [1.82, 2.24) is 14.9 Å². The van der Waals surface area contributed by atoms with Gasteiger partial charge in [-0.05, 0) is 36.1 Å². The molecule has 1 aromatic carbocycles. The van der Waals surface area contributed by atoms with Crippen LogP contribution in [0.2, 0.25) is 0 Å². The fraction of sp³-hybridized carbons (Fsp3) is 0.200. The van der Waals surface area contributed by atoms with Gasteiger partial charge in [-0.3, -0.25) is 4.79 Å². The molecule has 0 unspecified atom stereocenters. The Morgan fingerprint density at radius 2 is 2.25 bits per heavy atom. The molecule has 0 atom stereocenters. The molecule has 0 saturated heterocycles. The summed E-state index contributed by atoms with van der Waals surface area (Å²) < 4.78 is 2.06. The molecule has 3 rings (SSSR count). The highest BCUT2D eigenvalue weighted by Gasteiger charge is 2.08. The number of hydrogen-bond acceptors (Lipinski definition) is 3. The number of carbonyl (C=O) groups excluding carboxylic acids is 1. The predicted molar refractivity (Wildman–Crippen MR) is 80.9 cm³/mol. The zero-order chi connectivity index (χ0) is 14.1. The second-order valence-corrected chi connectivity index (χ2v) is 5.65. The molecule has 20 heavy (non-hydrogen) atoms. The molecule has 0 saturated carbocycles. The van der Waals surface area contributed by atoms with Crippen LogP contribution in [0.25, 0.3) is 11.0 Å². The topological polar surface area (TPSA) is 46.9 Å². The highest BCUT2D eigenvalue weighted by Crippen LogP contribution is 2.16. The van der Waals surface area contributed by atoms with Gasteiger partial charge >= 0.3 is 0 Å². The molecule has 4 nitrogen and oxygen atoms in total. The van der Waals surface area contributed by atoms with Crippen LogP contribution in [0.4, 0.5) is 0 Å².